The van der Waals surface area contributed by atoms with Crippen LogP contribution >= 0.6 is 11.3 Å². The van der Waals surface area contributed by atoms with Gasteiger partial charge in [-0.1, -0.05) is 6.92 Å². The van der Waals surface area contributed by atoms with Gasteiger partial charge in [0.2, 0.25) is 0 Å². The molecule has 1 aromatic rings. The van der Waals surface area contributed by atoms with Crippen molar-refractivity contribution < 1.29 is 0 Å². The molecule has 1 saturated heterocycles. The van der Waals surface area contributed by atoms with Gasteiger partial charge in [-0.05, 0) is 13.3 Å². The SMILES string of the molecule is CCC1(C)CN(Cc2cncs2)CCN1. The van der Waals surface area contributed by atoms with E-state index < -0.39 is 0 Å². The Bertz CT molecular complexity index is 299. The fourth-order valence-corrected chi connectivity index (χ4v) is 2.69. The highest BCUT2D eigenvalue weighted by atomic mass is 32.1. The lowest BCUT2D eigenvalue weighted by Crippen LogP contribution is -2.57. The first kappa shape index (κ1) is 11.0. The van der Waals surface area contributed by atoms with Crippen LogP contribution in [0.5, 0.6) is 0 Å². The molecule has 3 nitrogen and oxygen atoms in total. The van der Waals surface area contributed by atoms with Crippen molar-refractivity contribution in [2.24, 2.45) is 0 Å². The summed E-state index contributed by atoms with van der Waals surface area (Å²) in [6.07, 6.45) is 3.17. The Morgan fingerprint density at radius 3 is 3.20 bits per heavy atom. The maximum atomic E-state index is 4.12. The van der Waals surface area contributed by atoms with Crippen LogP contribution in [0.2, 0.25) is 0 Å². The highest BCUT2D eigenvalue weighted by Crippen LogP contribution is 2.18. The molecular weight excluding hydrogens is 206 g/mol. The van der Waals surface area contributed by atoms with E-state index in [-0.39, 0.29) is 0 Å². The molecule has 0 bridgehead atoms. The van der Waals surface area contributed by atoms with Gasteiger partial charge in [-0.25, -0.2) is 0 Å². The minimum absolute atomic E-state index is 0.295. The molecule has 2 heterocycles. The van der Waals surface area contributed by atoms with Crippen LogP contribution in [0.15, 0.2) is 11.7 Å². The first-order chi connectivity index (χ1) is 7.22. The molecule has 0 aromatic carbocycles. The van der Waals surface area contributed by atoms with Crippen LogP contribution in [0, 0.1) is 0 Å². The predicted octanol–water partition coefficient (Wildman–Crippen LogP) is 1.72. The second-order valence-electron chi connectivity index (χ2n) is 4.52. The Morgan fingerprint density at radius 2 is 2.53 bits per heavy atom. The van der Waals surface area contributed by atoms with Crippen LogP contribution in [0.3, 0.4) is 0 Å². The van der Waals surface area contributed by atoms with Crippen molar-refractivity contribution in [3.63, 3.8) is 0 Å². The van der Waals surface area contributed by atoms with E-state index in [2.05, 4.69) is 29.0 Å². The predicted molar refractivity (Wildman–Crippen MR) is 64.1 cm³/mol. The van der Waals surface area contributed by atoms with Gasteiger partial charge in [-0.3, -0.25) is 9.88 Å². The van der Waals surface area contributed by atoms with Gasteiger partial charge in [0.15, 0.2) is 0 Å². The molecule has 15 heavy (non-hydrogen) atoms. The monoisotopic (exact) mass is 225 g/mol. The number of thiazole rings is 1. The average molecular weight is 225 g/mol. The van der Waals surface area contributed by atoms with E-state index in [1.165, 1.54) is 11.3 Å². The summed E-state index contributed by atoms with van der Waals surface area (Å²) in [6.45, 7) is 9.01. The summed E-state index contributed by atoms with van der Waals surface area (Å²) in [7, 11) is 0. The minimum Gasteiger partial charge on any atom is -0.309 e. The van der Waals surface area contributed by atoms with E-state index in [1.807, 2.05) is 11.7 Å². The first-order valence-electron chi connectivity index (χ1n) is 5.56. The molecule has 4 heteroatoms. The normalized spacial score (nSPS) is 28.1. The molecule has 1 fully saturated rings. The third-order valence-electron chi connectivity index (χ3n) is 3.20. The standard InChI is InChI=1S/C11H19N3S/c1-3-11(2)8-14(5-4-13-11)7-10-6-12-9-15-10/h6,9,13H,3-5,7-8H2,1-2H3. The molecule has 1 aliphatic heterocycles. The lowest BCUT2D eigenvalue weighted by atomic mass is 9.96. The lowest BCUT2D eigenvalue weighted by Gasteiger charge is -2.40. The van der Waals surface area contributed by atoms with Crippen LogP contribution in [-0.4, -0.2) is 35.1 Å². The zero-order valence-corrected chi connectivity index (χ0v) is 10.3. The van der Waals surface area contributed by atoms with Crippen molar-refractivity contribution in [1.29, 1.82) is 0 Å². The molecule has 0 spiro atoms. The van der Waals surface area contributed by atoms with E-state index in [4.69, 9.17) is 0 Å². The fourth-order valence-electron chi connectivity index (χ4n) is 2.06. The molecule has 0 radical (unpaired) electrons. The van der Waals surface area contributed by atoms with Gasteiger partial charge in [0, 0.05) is 42.8 Å². The van der Waals surface area contributed by atoms with Gasteiger partial charge >= 0.3 is 0 Å². The van der Waals surface area contributed by atoms with E-state index in [0.29, 0.717) is 5.54 Å². The van der Waals surface area contributed by atoms with Gasteiger partial charge in [-0.15, -0.1) is 11.3 Å². The zero-order chi connectivity index (χ0) is 10.7. The number of piperazine rings is 1. The van der Waals surface area contributed by atoms with E-state index >= 15 is 0 Å². The molecule has 1 aromatic heterocycles. The largest absolute Gasteiger partial charge is 0.309 e. The van der Waals surface area contributed by atoms with Crippen LogP contribution in [0.4, 0.5) is 0 Å². The first-order valence-corrected chi connectivity index (χ1v) is 6.44. The van der Waals surface area contributed by atoms with Crippen molar-refractivity contribution >= 4 is 11.3 Å². The number of nitrogens with one attached hydrogen (secondary N) is 1. The van der Waals surface area contributed by atoms with E-state index in [0.717, 1.165) is 26.2 Å². The van der Waals surface area contributed by atoms with Crippen molar-refractivity contribution in [1.82, 2.24) is 15.2 Å². The molecule has 1 unspecified atom stereocenters. The quantitative estimate of drug-likeness (QED) is 0.849. The third-order valence-corrected chi connectivity index (χ3v) is 3.96. The Kier molecular flexibility index (Phi) is 3.38. The molecule has 0 saturated carbocycles. The Balaban J connectivity index is 1.93. The highest BCUT2D eigenvalue weighted by Gasteiger charge is 2.28. The van der Waals surface area contributed by atoms with Crippen LogP contribution in [0.1, 0.15) is 25.1 Å². The summed E-state index contributed by atoms with van der Waals surface area (Å²) in [5, 5.41) is 3.60. The summed E-state index contributed by atoms with van der Waals surface area (Å²) in [5.74, 6) is 0. The Morgan fingerprint density at radius 1 is 1.67 bits per heavy atom. The second-order valence-corrected chi connectivity index (χ2v) is 5.49. The van der Waals surface area contributed by atoms with Crippen LogP contribution < -0.4 is 5.32 Å². The summed E-state index contributed by atoms with van der Waals surface area (Å²) < 4.78 is 0. The van der Waals surface area contributed by atoms with E-state index in [9.17, 15) is 0 Å². The van der Waals surface area contributed by atoms with Gasteiger partial charge in [0.1, 0.15) is 0 Å². The molecule has 0 aliphatic carbocycles. The number of nitrogens with zero attached hydrogens (tertiary/aromatic N) is 2. The number of aromatic nitrogens is 1. The van der Waals surface area contributed by atoms with Crippen LogP contribution in [0.25, 0.3) is 0 Å². The molecule has 1 aliphatic rings. The highest BCUT2D eigenvalue weighted by molar-refractivity contribution is 7.09. The summed E-state index contributed by atoms with van der Waals surface area (Å²) >= 11 is 1.75. The Hall–Kier alpha value is -0.450. The average Bonchev–Trinajstić information content (AvgIpc) is 2.71. The van der Waals surface area contributed by atoms with Gasteiger partial charge in [0.05, 0.1) is 5.51 Å². The number of hydrogen-bond acceptors (Lipinski definition) is 4. The van der Waals surface area contributed by atoms with Crippen molar-refractivity contribution in [2.75, 3.05) is 19.6 Å². The molecular formula is C11H19N3S. The molecule has 1 atom stereocenters. The lowest BCUT2D eigenvalue weighted by molar-refractivity contribution is 0.134. The summed E-state index contributed by atoms with van der Waals surface area (Å²) in [4.78, 5) is 8.01. The van der Waals surface area contributed by atoms with Gasteiger partial charge in [0.25, 0.3) is 0 Å². The maximum absolute atomic E-state index is 4.12. The van der Waals surface area contributed by atoms with Crippen LogP contribution in [-0.2, 0) is 6.54 Å². The fraction of sp³-hybridized carbons (Fsp3) is 0.727. The molecule has 2 rings (SSSR count). The molecule has 1 N–H and O–H groups in total. The maximum Gasteiger partial charge on any atom is 0.0794 e. The van der Waals surface area contributed by atoms with Gasteiger partial charge in [-0.2, -0.15) is 0 Å². The van der Waals surface area contributed by atoms with E-state index in [1.54, 1.807) is 11.3 Å². The summed E-state index contributed by atoms with van der Waals surface area (Å²) in [6, 6.07) is 0. The number of hydrogen-bond donors (Lipinski definition) is 1. The topological polar surface area (TPSA) is 28.2 Å². The molecule has 84 valence electrons. The Labute approximate surface area is 95.5 Å². The summed E-state index contributed by atoms with van der Waals surface area (Å²) in [5.41, 5.74) is 2.21. The smallest absolute Gasteiger partial charge is 0.0794 e. The molecule has 0 amide bonds. The van der Waals surface area contributed by atoms with Crippen molar-refractivity contribution in [3.8, 4) is 0 Å². The van der Waals surface area contributed by atoms with Crippen molar-refractivity contribution in [3.05, 3.63) is 16.6 Å². The second kappa shape index (κ2) is 4.60. The minimum atomic E-state index is 0.295. The van der Waals surface area contributed by atoms with Crippen molar-refractivity contribution in [2.45, 2.75) is 32.4 Å². The third kappa shape index (κ3) is 2.77. The van der Waals surface area contributed by atoms with Gasteiger partial charge < -0.3 is 5.32 Å². The number of rotatable bonds is 3. The zero-order valence-electron chi connectivity index (χ0n) is 9.49.